The summed E-state index contributed by atoms with van der Waals surface area (Å²) < 4.78 is 5.13. The molecule has 1 aromatic carbocycles. The van der Waals surface area contributed by atoms with Gasteiger partial charge in [0, 0.05) is 12.0 Å². The van der Waals surface area contributed by atoms with Crippen molar-refractivity contribution in [3.63, 3.8) is 0 Å². The van der Waals surface area contributed by atoms with E-state index < -0.39 is 11.4 Å². The lowest BCUT2D eigenvalue weighted by Crippen LogP contribution is -2.43. The van der Waals surface area contributed by atoms with Crippen LogP contribution in [-0.2, 0) is 0 Å². The summed E-state index contributed by atoms with van der Waals surface area (Å²) >= 11 is 0. The van der Waals surface area contributed by atoms with Crippen LogP contribution in [0.25, 0.3) is 0 Å². The standard InChI is InChI=1S/C13H20N4O3/c1-13(2,11(14)17-19)8-15-12(18)16-9-6-4-5-7-10(9)20-3/h4-7,19H,8H2,1-3H3,(H2,14,17)(H2,15,16,18). The third-order valence-electron chi connectivity index (χ3n) is 2.85. The molecule has 0 aliphatic rings. The topological polar surface area (TPSA) is 109 Å². The van der Waals surface area contributed by atoms with Crippen LogP contribution in [0.1, 0.15) is 13.8 Å². The van der Waals surface area contributed by atoms with E-state index >= 15 is 0 Å². The van der Waals surface area contributed by atoms with Crippen LogP contribution in [0.15, 0.2) is 29.4 Å². The Balaban J connectivity index is 2.61. The van der Waals surface area contributed by atoms with Gasteiger partial charge in [-0.1, -0.05) is 31.1 Å². The molecule has 0 saturated carbocycles. The van der Waals surface area contributed by atoms with Gasteiger partial charge in [-0.05, 0) is 12.1 Å². The molecule has 110 valence electrons. The van der Waals surface area contributed by atoms with E-state index in [0.29, 0.717) is 11.4 Å². The Morgan fingerprint density at radius 2 is 2.10 bits per heavy atom. The van der Waals surface area contributed by atoms with Gasteiger partial charge in [0.05, 0.1) is 12.8 Å². The van der Waals surface area contributed by atoms with E-state index in [0.717, 1.165) is 0 Å². The molecular formula is C13H20N4O3. The number of ether oxygens (including phenoxy) is 1. The van der Waals surface area contributed by atoms with E-state index in [9.17, 15) is 4.79 Å². The average Bonchev–Trinajstić information content (AvgIpc) is 2.45. The number of rotatable bonds is 5. The van der Waals surface area contributed by atoms with Crippen molar-refractivity contribution < 1.29 is 14.7 Å². The first-order valence-corrected chi connectivity index (χ1v) is 6.06. The highest BCUT2D eigenvalue weighted by Gasteiger charge is 2.24. The van der Waals surface area contributed by atoms with E-state index in [-0.39, 0.29) is 12.4 Å². The van der Waals surface area contributed by atoms with Gasteiger partial charge in [-0.15, -0.1) is 0 Å². The number of carbonyl (C=O) groups excluding carboxylic acids is 1. The Hall–Kier alpha value is -2.44. The number of urea groups is 1. The van der Waals surface area contributed by atoms with Crippen molar-refractivity contribution >= 4 is 17.6 Å². The number of oxime groups is 1. The molecule has 0 aliphatic carbocycles. The molecule has 0 saturated heterocycles. The number of amidine groups is 1. The number of hydrogen-bond acceptors (Lipinski definition) is 4. The molecule has 0 unspecified atom stereocenters. The number of nitrogens with zero attached hydrogens (tertiary/aromatic N) is 1. The van der Waals surface area contributed by atoms with Gasteiger partial charge in [0.2, 0.25) is 0 Å². The molecule has 1 rings (SSSR count). The van der Waals surface area contributed by atoms with Crippen LogP contribution in [0, 0.1) is 5.41 Å². The van der Waals surface area contributed by atoms with Gasteiger partial charge in [-0.2, -0.15) is 0 Å². The van der Waals surface area contributed by atoms with Gasteiger partial charge >= 0.3 is 6.03 Å². The summed E-state index contributed by atoms with van der Waals surface area (Å²) in [5.74, 6) is 0.619. The molecular weight excluding hydrogens is 260 g/mol. The number of hydrogen-bond donors (Lipinski definition) is 4. The SMILES string of the molecule is COc1ccccc1NC(=O)NCC(C)(C)/C(N)=N/O. The fraction of sp³-hybridized carbons (Fsp3) is 0.385. The highest BCUT2D eigenvalue weighted by atomic mass is 16.5. The maximum atomic E-state index is 11.8. The van der Waals surface area contributed by atoms with Gasteiger partial charge in [0.15, 0.2) is 0 Å². The summed E-state index contributed by atoms with van der Waals surface area (Å²) in [5, 5.41) is 16.9. The molecule has 0 aliphatic heterocycles. The van der Waals surface area contributed by atoms with E-state index in [1.54, 1.807) is 32.0 Å². The molecule has 0 bridgehead atoms. The highest BCUT2D eigenvalue weighted by molar-refractivity contribution is 5.92. The molecule has 0 atom stereocenters. The lowest BCUT2D eigenvalue weighted by Gasteiger charge is -2.23. The van der Waals surface area contributed by atoms with Crippen molar-refractivity contribution in [2.24, 2.45) is 16.3 Å². The Kier molecular flexibility index (Phi) is 5.19. The third kappa shape index (κ3) is 4.04. The fourth-order valence-corrected chi connectivity index (χ4v) is 1.44. The van der Waals surface area contributed by atoms with Crippen molar-refractivity contribution in [1.82, 2.24) is 5.32 Å². The molecule has 0 spiro atoms. The maximum Gasteiger partial charge on any atom is 0.319 e. The van der Waals surface area contributed by atoms with Gasteiger partial charge in [-0.25, -0.2) is 4.79 Å². The van der Waals surface area contributed by atoms with E-state index in [1.165, 1.54) is 7.11 Å². The first kappa shape index (κ1) is 15.6. The number of anilines is 1. The molecule has 20 heavy (non-hydrogen) atoms. The summed E-state index contributed by atoms with van der Waals surface area (Å²) in [7, 11) is 1.53. The van der Waals surface area contributed by atoms with Gasteiger partial charge in [-0.3, -0.25) is 0 Å². The number of benzene rings is 1. The summed E-state index contributed by atoms with van der Waals surface area (Å²) in [6.07, 6.45) is 0. The second-order valence-electron chi connectivity index (χ2n) is 4.88. The van der Waals surface area contributed by atoms with Crippen LogP contribution in [0.3, 0.4) is 0 Å². The number of carbonyl (C=O) groups is 1. The van der Waals surface area contributed by atoms with Gasteiger partial charge in [0.1, 0.15) is 11.6 Å². The Morgan fingerprint density at radius 1 is 1.45 bits per heavy atom. The van der Waals surface area contributed by atoms with Crippen molar-refractivity contribution in [3.05, 3.63) is 24.3 Å². The minimum atomic E-state index is -0.646. The first-order valence-electron chi connectivity index (χ1n) is 6.06. The van der Waals surface area contributed by atoms with E-state index in [2.05, 4.69) is 15.8 Å². The lowest BCUT2D eigenvalue weighted by atomic mass is 9.92. The Morgan fingerprint density at radius 3 is 2.70 bits per heavy atom. The molecule has 0 fully saturated rings. The van der Waals surface area contributed by atoms with Crippen molar-refractivity contribution in [3.8, 4) is 5.75 Å². The smallest absolute Gasteiger partial charge is 0.319 e. The number of para-hydroxylation sites is 2. The maximum absolute atomic E-state index is 11.8. The second kappa shape index (κ2) is 6.65. The minimum Gasteiger partial charge on any atom is -0.495 e. The van der Waals surface area contributed by atoms with Crippen LogP contribution < -0.4 is 21.1 Å². The van der Waals surface area contributed by atoms with E-state index in [1.807, 2.05) is 6.07 Å². The van der Waals surface area contributed by atoms with Crippen LogP contribution in [0.2, 0.25) is 0 Å². The van der Waals surface area contributed by atoms with E-state index in [4.69, 9.17) is 15.7 Å². The highest BCUT2D eigenvalue weighted by Crippen LogP contribution is 2.22. The summed E-state index contributed by atoms with van der Waals surface area (Å²) in [5.41, 5.74) is 5.46. The molecule has 7 nitrogen and oxygen atoms in total. The number of methoxy groups -OCH3 is 1. The molecule has 0 radical (unpaired) electrons. The van der Waals surface area contributed by atoms with Gasteiger partial charge in [0.25, 0.3) is 0 Å². The largest absolute Gasteiger partial charge is 0.495 e. The molecule has 0 aromatic heterocycles. The Bertz CT molecular complexity index is 500. The van der Waals surface area contributed by atoms with Crippen LogP contribution in [-0.4, -0.2) is 30.7 Å². The van der Waals surface area contributed by atoms with Crippen LogP contribution >= 0.6 is 0 Å². The first-order chi connectivity index (χ1) is 9.40. The van der Waals surface area contributed by atoms with Crippen LogP contribution in [0.5, 0.6) is 5.75 Å². The lowest BCUT2D eigenvalue weighted by molar-refractivity contribution is 0.248. The zero-order valence-electron chi connectivity index (χ0n) is 11.8. The quantitative estimate of drug-likeness (QED) is 0.284. The van der Waals surface area contributed by atoms with Crippen LogP contribution in [0.4, 0.5) is 10.5 Å². The van der Waals surface area contributed by atoms with Crippen molar-refractivity contribution in [2.75, 3.05) is 19.0 Å². The summed E-state index contributed by atoms with van der Waals surface area (Å²) in [6.45, 7) is 3.74. The average molecular weight is 280 g/mol. The molecule has 2 amide bonds. The zero-order chi connectivity index (χ0) is 15.2. The molecule has 7 heteroatoms. The third-order valence-corrected chi connectivity index (χ3v) is 2.85. The summed E-state index contributed by atoms with van der Waals surface area (Å²) in [6, 6.07) is 6.68. The predicted molar refractivity (Wildman–Crippen MR) is 77.2 cm³/mol. The Labute approximate surface area is 117 Å². The van der Waals surface area contributed by atoms with Crippen molar-refractivity contribution in [2.45, 2.75) is 13.8 Å². The van der Waals surface area contributed by atoms with Crippen molar-refractivity contribution in [1.29, 1.82) is 0 Å². The normalized spacial score (nSPS) is 11.8. The number of amides is 2. The van der Waals surface area contributed by atoms with Gasteiger partial charge < -0.3 is 26.3 Å². The molecule has 5 N–H and O–H groups in total. The fourth-order valence-electron chi connectivity index (χ4n) is 1.44. The second-order valence-corrected chi connectivity index (χ2v) is 4.88. The monoisotopic (exact) mass is 280 g/mol. The predicted octanol–water partition coefficient (Wildman–Crippen LogP) is 1.59. The number of nitrogens with one attached hydrogen (secondary N) is 2. The number of nitrogens with two attached hydrogens (primary N) is 1. The zero-order valence-corrected chi connectivity index (χ0v) is 11.8. The molecule has 1 aromatic rings. The molecule has 0 heterocycles. The minimum absolute atomic E-state index is 0.0510. The summed E-state index contributed by atoms with van der Waals surface area (Å²) in [4.78, 5) is 11.8.